The minimum Gasteiger partial charge on any atom is -0.486 e. The smallest absolute Gasteiger partial charge is 0.223 e. The highest BCUT2D eigenvalue weighted by molar-refractivity contribution is 6.00. The molecule has 1 amide bonds. The minimum absolute atomic E-state index is 0.0273. The molecule has 4 atom stereocenters. The van der Waals surface area contributed by atoms with E-state index >= 15 is 0 Å². The fourth-order valence-electron chi connectivity index (χ4n) is 5.10. The average Bonchev–Trinajstić information content (AvgIpc) is 3.34. The summed E-state index contributed by atoms with van der Waals surface area (Å²) in [6, 6.07) is 13.3. The Hall–Kier alpha value is -2.69. The standard InChI is InChI=1S/C22H22N2O3/c25-17-13-22(27-18-7-2-1-6-15(17)18)10-8-16-19(20(16)22)21(26)24-12-9-14-5-3-4-11-23-14/h1-7,11,16,19-20H,8-10,12-13H2,(H,24,26)/t16-,19+,20+,22+/m1/s1. The van der Waals surface area contributed by atoms with Gasteiger partial charge in [-0.05, 0) is 43.0 Å². The number of carbonyl (C=O) groups excluding carboxylic acids is 2. The van der Waals surface area contributed by atoms with Crippen LogP contribution in [0.1, 0.15) is 35.3 Å². The second-order valence-corrected chi connectivity index (χ2v) is 7.88. The van der Waals surface area contributed by atoms with Crippen LogP contribution >= 0.6 is 0 Å². The lowest BCUT2D eigenvalue weighted by atomic mass is 9.84. The molecule has 2 fully saturated rings. The molecule has 5 nitrogen and oxygen atoms in total. The predicted octanol–water partition coefficient (Wildman–Crippen LogP) is 2.80. The zero-order chi connectivity index (χ0) is 18.4. The first kappa shape index (κ1) is 16.5. The van der Waals surface area contributed by atoms with Gasteiger partial charge in [-0.1, -0.05) is 18.2 Å². The third-order valence-corrected chi connectivity index (χ3v) is 6.35. The van der Waals surface area contributed by atoms with Gasteiger partial charge in [-0.3, -0.25) is 14.6 Å². The van der Waals surface area contributed by atoms with Crippen molar-refractivity contribution in [2.45, 2.75) is 31.3 Å². The second-order valence-electron chi connectivity index (χ2n) is 7.88. The summed E-state index contributed by atoms with van der Waals surface area (Å²) in [6.45, 7) is 0.585. The molecule has 0 unspecified atom stereocenters. The number of carbonyl (C=O) groups is 2. The number of hydrogen-bond donors (Lipinski definition) is 1. The molecular formula is C22H22N2O3. The van der Waals surface area contributed by atoms with Gasteiger partial charge < -0.3 is 10.1 Å². The molecule has 0 radical (unpaired) electrons. The topological polar surface area (TPSA) is 68.3 Å². The van der Waals surface area contributed by atoms with E-state index in [9.17, 15) is 9.59 Å². The molecule has 2 aromatic rings. The molecule has 1 aromatic heterocycles. The molecule has 5 rings (SSSR count). The number of benzene rings is 1. The van der Waals surface area contributed by atoms with E-state index in [1.807, 2.05) is 42.5 Å². The Bertz CT molecular complexity index is 897. The number of ketones is 1. The summed E-state index contributed by atoms with van der Waals surface area (Å²) in [5, 5.41) is 3.05. The average molecular weight is 362 g/mol. The lowest BCUT2D eigenvalue weighted by Crippen LogP contribution is -2.44. The Kier molecular flexibility index (Phi) is 3.78. The van der Waals surface area contributed by atoms with E-state index in [4.69, 9.17) is 4.74 Å². The number of Topliss-reactive ketones (excluding diaryl/α,β-unsaturated/α-hetero) is 1. The SMILES string of the molecule is O=C1C[C@]2(CC[C@@H]3[C@H](C(=O)NCCc4ccccn4)[C@H]32)Oc2ccccc21. The van der Waals surface area contributed by atoms with Crippen molar-refractivity contribution in [1.29, 1.82) is 0 Å². The van der Waals surface area contributed by atoms with Gasteiger partial charge in [-0.2, -0.15) is 0 Å². The van der Waals surface area contributed by atoms with Crippen LogP contribution in [0, 0.1) is 17.8 Å². The van der Waals surface area contributed by atoms with Gasteiger partial charge in [-0.25, -0.2) is 0 Å². The second kappa shape index (κ2) is 6.19. The number of nitrogens with zero attached hydrogens (tertiary/aromatic N) is 1. The van der Waals surface area contributed by atoms with E-state index in [0.717, 1.165) is 25.0 Å². The van der Waals surface area contributed by atoms with Gasteiger partial charge in [0.15, 0.2) is 5.78 Å². The van der Waals surface area contributed by atoms with Crippen LogP contribution in [-0.2, 0) is 11.2 Å². The zero-order valence-corrected chi connectivity index (χ0v) is 15.1. The third-order valence-electron chi connectivity index (χ3n) is 6.35. The van der Waals surface area contributed by atoms with E-state index in [1.54, 1.807) is 6.20 Å². The highest BCUT2D eigenvalue weighted by Crippen LogP contribution is 2.65. The van der Waals surface area contributed by atoms with Crippen molar-refractivity contribution < 1.29 is 14.3 Å². The molecule has 2 saturated carbocycles. The summed E-state index contributed by atoms with van der Waals surface area (Å²) in [5.74, 6) is 1.38. The van der Waals surface area contributed by atoms with Gasteiger partial charge in [0.05, 0.1) is 12.0 Å². The number of nitrogens with one attached hydrogen (secondary N) is 1. The number of para-hydroxylation sites is 1. The van der Waals surface area contributed by atoms with Crippen molar-refractivity contribution in [1.82, 2.24) is 10.3 Å². The number of fused-ring (bicyclic) bond motifs is 3. The van der Waals surface area contributed by atoms with E-state index in [1.165, 1.54) is 0 Å². The summed E-state index contributed by atoms with van der Waals surface area (Å²) in [5.41, 5.74) is 1.16. The predicted molar refractivity (Wildman–Crippen MR) is 99.4 cm³/mol. The molecular weight excluding hydrogens is 340 g/mol. The van der Waals surface area contributed by atoms with Gasteiger partial charge in [0.1, 0.15) is 11.4 Å². The molecule has 1 spiro atoms. The number of amides is 1. The van der Waals surface area contributed by atoms with Gasteiger partial charge >= 0.3 is 0 Å². The molecule has 0 bridgehead atoms. The Morgan fingerprint density at radius 1 is 1.22 bits per heavy atom. The number of ether oxygens (including phenoxy) is 1. The summed E-state index contributed by atoms with van der Waals surface area (Å²) < 4.78 is 6.35. The molecule has 3 aliphatic rings. The molecule has 0 saturated heterocycles. The van der Waals surface area contributed by atoms with Crippen molar-refractivity contribution in [2.75, 3.05) is 6.54 Å². The summed E-state index contributed by atoms with van der Waals surface area (Å²) in [4.78, 5) is 29.6. The maximum Gasteiger partial charge on any atom is 0.223 e. The summed E-state index contributed by atoms with van der Waals surface area (Å²) in [6.07, 6.45) is 4.70. The molecule has 1 aliphatic heterocycles. The molecule has 2 aliphatic carbocycles. The van der Waals surface area contributed by atoms with E-state index in [-0.39, 0.29) is 23.5 Å². The molecule has 27 heavy (non-hydrogen) atoms. The number of hydrogen-bond acceptors (Lipinski definition) is 4. The Labute approximate surface area is 158 Å². The van der Waals surface area contributed by atoms with Crippen LogP contribution in [0.3, 0.4) is 0 Å². The zero-order valence-electron chi connectivity index (χ0n) is 15.1. The largest absolute Gasteiger partial charge is 0.486 e. The maximum absolute atomic E-state index is 12.7. The van der Waals surface area contributed by atoms with Crippen LogP contribution in [-0.4, -0.2) is 28.8 Å². The highest BCUT2D eigenvalue weighted by Gasteiger charge is 2.70. The van der Waals surface area contributed by atoms with E-state index < -0.39 is 5.60 Å². The van der Waals surface area contributed by atoms with Gasteiger partial charge in [0.25, 0.3) is 0 Å². The number of pyridine rings is 1. The molecule has 5 heteroatoms. The fourth-order valence-corrected chi connectivity index (χ4v) is 5.10. The monoisotopic (exact) mass is 362 g/mol. The van der Waals surface area contributed by atoms with Crippen LogP contribution in [0.4, 0.5) is 0 Å². The first-order valence-corrected chi connectivity index (χ1v) is 9.67. The first-order chi connectivity index (χ1) is 13.2. The highest BCUT2D eigenvalue weighted by atomic mass is 16.5. The van der Waals surface area contributed by atoms with Crippen molar-refractivity contribution in [3.8, 4) is 5.75 Å². The van der Waals surface area contributed by atoms with Crippen molar-refractivity contribution in [2.24, 2.45) is 17.8 Å². The molecule has 1 aromatic carbocycles. The number of rotatable bonds is 4. The maximum atomic E-state index is 12.7. The quantitative estimate of drug-likeness (QED) is 0.908. The third kappa shape index (κ3) is 2.73. The Morgan fingerprint density at radius 3 is 2.93 bits per heavy atom. The molecule has 138 valence electrons. The summed E-state index contributed by atoms with van der Waals surface area (Å²) in [7, 11) is 0. The van der Waals surface area contributed by atoms with E-state index in [2.05, 4.69) is 10.3 Å². The minimum atomic E-state index is -0.487. The Balaban J connectivity index is 1.25. The summed E-state index contributed by atoms with van der Waals surface area (Å²) >= 11 is 0. The van der Waals surface area contributed by atoms with Gasteiger partial charge in [-0.15, -0.1) is 0 Å². The van der Waals surface area contributed by atoms with Crippen LogP contribution in [0.5, 0.6) is 5.75 Å². The van der Waals surface area contributed by atoms with Crippen molar-refractivity contribution >= 4 is 11.7 Å². The van der Waals surface area contributed by atoms with Gasteiger partial charge in [0.2, 0.25) is 5.91 Å². The normalized spacial score (nSPS) is 30.4. The lowest BCUT2D eigenvalue weighted by molar-refractivity contribution is -0.124. The van der Waals surface area contributed by atoms with Crippen LogP contribution < -0.4 is 10.1 Å². The molecule has 2 heterocycles. The number of aromatic nitrogens is 1. The van der Waals surface area contributed by atoms with Crippen LogP contribution in [0.15, 0.2) is 48.7 Å². The first-order valence-electron chi connectivity index (χ1n) is 9.67. The van der Waals surface area contributed by atoms with Gasteiger partial charge in [0, 0.05) is 36.7 Å². The molecule has 1 N–H and O–H groups in total. The Morgan fingerprint density at radius 2 is 2.07 bits per heavy atom. The van der Waals surface area contributed by atoms with Crippen molar-refractivity contribution in [3.63, 3.8) is 0 Å². The van der Waals surface area contributed by atoms with Crippen molar-refractivity contribution in [3.05, 3.63) is 59.9 Å². The lowest BCUT2D eigenvalue weighted by Gasteiger charge is -2.37. The fraction of sp³-hybridized carbons (Fsp3) is 0.409. The van der Waals surface area contributed by atoms with E-state index in [0.29, 0.717) is 30.2 Å². The van der Waals surface area contributed by atoms with Crippen LogP contribution in [0.2, 0.25) is 0 Å². The van der Waals surface area contributed by atoms with Crippen LogP contribution in [0.25, 0.3) is 0 Å².